The number of pyridine rings is 1. The number of benzene rings is 1. The number of hydrogen-bond donors (Lipinski definition) is 2. The van der Waals surface area contributed by atoms with E-state index in [0.717, 1.165) is 22.6 Å². The summed E-state index contributed by atoms with van der Waals surface area (Å²) >= 11 is 0. The molecule has 4 heteroatoms. The van der Waals surface area contributed by atoms with Gasteiger partial charge in [-0.3, -0.25) is 9.88 Å². The van der Waals surface area contributed by atoms with Gasteiger partial charge in [-0.25, -0.2) is 0 Å². The summed E-state index contributed by atoms with van der Waals surface area (Å²) in [6.07, 6.45) is 5.88. The predicted octanol–water partition coefficient (Wildman–Crippen LogP) is 2.47. The number of likely N-dealkylation sites (tertiary alicyclic amines) is 1. The third-order valence-electron chi connectivity index (χ3n) is 4.41. The van der Waals surface area contributed by atoms with Crippen LogP contribution in [0.3, 0.4) is 0 Å². The van der Waals surface area contributed by atoms with Crippen molar-refractivity contribution < 1.29 is 0 Å². The van der Waals surface area contributed by atoms with Gasteiger partial charge in [-0.15, -0.1) is 0 Å². The van der Waals surface area contributed by atoms with E-state index in [0.29, 0.717) is 6.04 Å². The summed E-state index contributed by atoms with van der Waals surface area (Å²) in [7, 11) is 0. The molecule has 2 heterocycles. The maximum absolute atomic E-state index is 5.83. The van der Waals surface area contributed by atoms with E-state index in [1.54, 1.807) is 0 Å². The average molecular weight is 268 g/mol. The lowest BCUT2D eigenvalue weighted by Crippen LogP contribution is -2.27. The highest BCUT2D eigenvalue weighted by molar-refractivity contribution is 5.92. The summed E-state index contributed by atoms with van der Waals surface area (Å²) in [5.74, 6) is 0. The molecule has 1 aliphatic heterocycles. The molecule has 2 fully saturated rings. The summed E-state index contributed by atoms with van der Waals surface area (Å²) < 4.78 is 0. The molecule has 1 saturated heterocycles. The number of rotatable bonds is 3. The summed E-state index contributed by atoms with van der Waals surface area (Å²) in [6.45, 7) is 2.40. The van der Waals surface area contributed by atoms with Crippen molar-refractivity contribution >= 4 is 22.3 Å². The summed E-state index contributed by atoms with van der Waals surface area (Å²) in [4.78, 5) is 7.02. The van der Waals surface area contributed by atoms with Crippen LogP contribution in [0.1, 0.15) is 19.3 Å². The minimum atomic E-state index is 0.554. The molecule has 1 saturated carbocycles. The van der Waals surface area contributed by atoms with Gasteiger partial charge in [0.25, 0.3) is 0 Å². The second kappa shape index (κ2) is 4.63. The molecule has 0 bridgehead atoms. The van der Waals surface area contributed by atoms with Crippen molar-refractivity contribution in [1.82, 2.24) is 9.88 Å². The van der Waals surface area contributed by atoms with E-state index in [9.17, 15) is 0 Å². The van der Waals surface area contributed by atoms with E-state index in [1.165, 1.54) is 38.0 Å². The molecule has 3 N–H and O–H groups in total. The fourth-order valence-corrected chi connectivity index (χ4v) is 3.19. The zero-order valence-electron chi connectivity index (χ0n) is 11.5. The van der Waals surface area contributed by atoms with Crippen molar-refractivity contribution in [2.75, 3.05) is 24.1 Å². The highest BCUT2D eigenvalue weighted by atomic mass is 15.2. The van der Waals surface area contributed by atoms with Crippen molar-refractivity contribution in [3.63, 3.8) is 0 Å². The lowest BCUT2D eigenvalue weighted by atomic mass is 10.1. The molecule has 1 unspecified atom stereocenters. The Hall–Kier alpha value is -1.81. The summed E-state index contributed by atoms with van der Waals surface area (Å²) in [5.41, 5.74) is 8.74. The molecule has 2 aromatic rings. The van der Waals surface area contributed by atoms with E-state index < -0.39 is 0 Å². The van der Waals surface area contributed by atoms with Gasteiger partial charge in [-0.1, -0.05) is 0 Å². The van der Waals surface area contributed by atoms with Gasteiger partial charge in [0.05, 0.1) is 5.52 Å². The molecule has 20 heavy (non-hydrogen) atoms. The maximum atomic E-state index is 5.83. The van der Waals surface area contributed by atoms with Crippen LogP contribution in [-0.4, -0.2) is 35.1 Å². The highest BCUT2D eigenvalue weighted by Crippen LogP contribution is 2.31. The Morgan fingerprint density at radius 2 is 2.10 bits per heavy atom. The van der Waals surface area contributed by atoms with Gasteiger partial charge < -0.3 is 11.1 Å². The normalized spacial score (nSPS) is 23.3. The molecule has 0 spiro atoms. The predicted molar refractivity (Wildman–Crippen MR) is 82.8 cm³/mol. The lowest BCUT2D eigenvalue weighted by molar-refractivity contribution is 0.326. The lowest BCUT2D eigenvalue weighted by Gasteiger charge is -2.17. The van der Waals surface area contributed by atoms with Crippen molar-refractivity contribution in [1.29, 1.82) is 0 Å². The SMILES string of the molecule is Nc1ccc2c(NC3CCN(C4CC4)C3)ccnc2c1. The van der Waals surface area contributed by atoms with Crippen LogP contribution in [0, 0.1) is 0 Å². The Balaban J connectivity index is 1.56. The van der Waals surface area contributed by atoms with Crippen molar-refractivity contribution in [3.8, 4) is 0 Å². The number of aromatic nitrogens is 1. The van der Waals surface area contributed by atoms with E-state index in [4.69, 9.17) is 5.73 Å². The van der Waals surface area contributed by atoms with Gasteiger partial charge in [0.15, 0.2) is 0 Å². The molecular formula is C16H20N4. The number of nitrogens with one attached hydrogen (secondary N) is 1. The molecule has 4 rings (SSSR count). The fourth-order valence-electron chi connectivity index (χ4n) is 3.19. The molecule has 1 aromatic carbocycles. The Morgan fingerprint density at radius 1 is 1.20 bits per heavy atom. The molecule has 1 aromatic heterocycles. The first-order valence-corrected chi connectivity index (χ1v) is 7.44. The Kier molecular flexibility index (Phi) is 2.77. The summed E-state index contributed by atoms with van der Waals surface area (Å²) in [5, 5.41) is 4.85. The Bertz CT molecular complexity index is 635. The highest BCUT2D eigenvalue weighted by Gasteiger charge is 2.34. The fraction of sp³-hybridized carbons (Fsp3) is 0.438. The van der Waals surface area contributed by atoms with Crippen LogP contribution < -0.4 is 11.1 Å². The number of nitrogens with two attached hydrogens (primary N) is 1. The van der Waals surface area contributed by atoms with E-state index in [-0.39, 0.29) is 0 Å². The second-order valence-corrected chi connectivity index (χ2v) is 5.99. The monoisotopic (exact) mass is 268 g/mol. The first-order valence-electron chi connectivity index (χ1n) is 7.44. The van der Waals surface area contributed by atoms with Crippen LogP contribution in [-0.2, 0) is 0 Å². The largest absolute Gasteiger partial charge is 0.399 e. The van der Waals surface area contributed by atoms with Crippen LogP contribution in [0.2, 0.25) is 0 Å². The third kappa shape index (κ3) is 2.20. The minimum absolute atomic E-state index is 0.554. The summed E-state index contributed by atoms with van der Waals surface area (Å²) in [6, 6.07) is 9.44. The molecule has 4 nitrogen and oxygen atoms in total. The molecular weight excluding hydrogens is 248 g/mol. The Morgan fingerprint density at radius 3 is 2.95 bits per heavy atom. The molecule has 104 valence electrons. The molecule has 1 aliphatic carbocycles. The van der Waals surface area contributed by atoms with Crippen LogP contribution in [0.15, 0.2) is 30.5 Å². The van der Waals surface area contributed by atoms with Crippen molar-refractivity contribution in [2.24, 2.45) is 0 Å². The second-order valence-electron chi connectivity index (χ2n) is 5.99. The first kappa shape index (κ1) is 12.0. The molecule has 2 aliphatic rings. The number of hydrogen-bond acceptors (Lipinski definition) is 4. The van der Waals surface area contributed by atoms with Gasteiger partial charge in [0.1, 0.15) is 0 Å². The molecule has 1 atom stereocenters. The third-order valence-corrected chi connectivity index (χ3v) is 4.41. The van der Waals surface area contributed by atoms with Gasteiger partial charge in [0.2, 0.25) is 0 Å². The van der Waals surface area contributed by atoms with E-state index in [2.05, 4.69) is 27.3 Å². The molecule has 0 radical (unpaired) electrons. The van der Waals surface area contributed by atoms with E-state index in [1.807, 2.05) is 18.3 Å². The van der Waals surface area contributed by atoms with Gasteiger partial charge in [-0.2, -0.15) is 0 Å². The van der Waals surface area contributed by atoms with Crippen LogP contribution in [0.4, 0.5) is 11.4 Å². The number of fused-ring (bicyclic) bond motifs is 1. The maximum Gasteiger partial charge on any atom is 0.0743 e. The van der Waals surface area contributed by atoms with Gasteiger partial charge >= 0.3 is 0 Å². The first-order chi connectivity index (χ1) is 9.79. The van der Waals surface area contributed by atoms with Gasteiger partial charge in [0, 0.05) is 48.1 Å². The Labute approximate surface area is 119 Å². The van der Waals surface area contributed by atoms with E-state index >= 15 is 0 Å². The van der Waals surface area contributed by atoms with Gasteiger partial charge in [-0.05, 0) is 43.5 Å². The number of nitrogens with zero attached hydrogens (tertiary/aromatic N) is 2. The number of anilines is 2. The zero-order chi connectivity index (χ0) is 13.5. The van der Waals surface area contributed by atoms with Crippen LogP contribution in [0.25, 0.3) is 10.9 Å². The van der Waals surface area contributed by atoms with Crippen molar-refractivity contribution in [3.05, 3.63) is 30.5 Å². The topological polar surface area (TPSA) is 54.2 Å². The standard InChI is InChI=1S/C16H20N4/c17-11-1-4-14-15(5-7-18-16(14)9-11)19-12-6-8-20(10-12)13-2-3-13/h1,4-5,7,9,12-13H,2-3,6,8,10,17H2,(H,18,19). The molecule has 0 amide bonds. The van der Waals surface area contributed by atoms with Crippen molar-refractivity contribution in [2.45, 2.75) is 31.3 Å². The average Bonchev–Trinajstić information content (AvgIpc) is 3.19. The minimum Gasteiger partial charge on any atom is -0.399 e. The zero-order valence-corrected chi connectivity index (χ0v) is 11.5. The quantitative estimate of drug-likeness (QED) is 0.840. The smallest absolute Gasteiger partial charge is 0.0743 e. The number of nitrogen functional groups attached to an aromatic ring is 1. The van der Waals surface area contributed by atoms with Crippen LogP contribution >= 0.6 is 0 Å². The van der Waals surface area contributed by atoms with Crippen LogP contribution in [0.5, 0.6) is 0 Å².